The van der Waals surface area contributed by atoms with Crippen molar-refractivity contribution < 1.29 is 14.2 Å². The van der Waals surface area contributed by atoms with Crippen molar-refractivity contribution in [3.05, 3.63) is 54.6 Å². The summed E-state index contributed by atoms with van der Waals surface area (Å²) in [6.07, 6.45) is 0. The van der Waals surface area contributed by atoms with Crippen molar-refractivity contribution in [2.45, 2.75) is 38.9 Å². The Hall–Kier alpha value is -2.04. The Labute approximate surface area is 143 Å². The minimum atomic E-state index is -0.968. The van der Waals surface area contributed by atoms with E-state index in [0.29, 0.717) is 5.66 Å². The summed E-state index contributed by atoms with van der Waals surface area (Å²) in [5, 5.41) is 11.2. The summed E-state index contributed by atoms with van der Waals surface area (Å²) in [4.78, 5) is 0. The first-order valence-corrected chi connectivity index (χ1v) is 8.09. The number of fused-ring (bicyclic) bond motifs is 1. The Balaban J connectivity index is 1.90. The molecule has 2 aromatic carbocycles. The van der Waals surface area contributed by atoms with Gasteiger partial charge in [-0.25, -0.2) is 0 Å². The molecule has 4 heteroatoms. The predicted molar refractivity (Wildman–Crippen MR) is 98.5 cm³/mol. The maximum Gasteiger partial charge on any atom is 0.376 e. The highest BCUT2D eigenvalue weighted by atomic mass is 16.5. The molecule has 0 aliphatic heterocycles. The zero-order chi connectivity index (χ0) is 17.4. The smallest absolute Gasteiger partial charge is 0.376 e. The van der Waals surface area contributed by atoms with Crippen molar-refractivity contribution >= 4 is 24.1 Å². The molecule has 0 amide bonds. The van der Waals surface area contributed by atoms with E-state index < -0.39 is 11.2 Å². The van der Waals surface area contributed by atoms with Crippen molar-refractivity contribution in [3.8, 4) is 11.1 Å². The van der Waals surface area contributed by atoms with Gasteiger partial charge in [-0.1, -0.05) is 48.5 Å². The van der Waals surface area contributed by atoms with E-state index in [4.69, 9.17) is 9.07 Å². The molecule has 0 atom stereocenters. The van der Waals surface area contributed by atoms with Crippen LogP contribution in [0.3, 0.4) is 0 Å². The molecule has 3 nitrogen and oxygen atoms in total. The molecule has 1 aromatic heterocycles. The van der Waals surface area contributed by atoms with Gasteiger partial charge in [-0.15, -0.1) is 0 Å². The fraction of sp³-hybridized carbons (Fsp3) is 0.300. The number of para-hydroxylation sites is 1. The molecule has 1 N–H and O–H groups in total. The summed E-state index contributed by atoms with van der Waals surface area (Å²) < 4.78 is 11.8. The first kappa shape index (κ1) is 16.8. The molecule has 0 saturated heterocycles. The Morgan fingerprint density at radius 2 is 1.67 bits per heavy atom. The number of furan rings is 1. The first-order chi connectivity index (χ1) is 11.3. The molecule has 0 saturated carbocycles. The molecule has 0 aliphatic rings. The van der Waals surface area contributed by atoms with Crippen LogP contribution in [0.2, 0.25) is 0 Å². The van der Waals surface area contributed by atoms with Crippen LogP contribution in [0.4, 0.5) is 0 Å². The summed E-state index contributed by atoms with van der Waals surface area (Å²) in [7, 11) is 1.58. The summed E-state index contributed by atoms with van der Waals surface area (Å²) in [5.74, 6) is 0. The Kier molecular flexibility index (Phi) is 4.28. The van der Waals surface area contributed by atoms with Crippen LogP contribution >= 0.6 is 0 Å². The lowest BCUT2D eigenvalue weighted by Crippen LogP contribution is -2.49. The van der Waals surface area contributed by atoms with Gasteiger partial charge in [0.05, 0.1) is 16.9 Å². The molecular weight excluding hydrogens is 299 g/mol. The fourth-order valence-electron chi connectivity index (χ4n) is 2.34. The minimum Gasteiger partial charge on any atom is -0.468 e. The van der Waals surface area contributed by atoms with Crippen LogP contribution in [-0.4, -0.2) is 23.8 Å². The monoisotopic (exact) mass is 321 g/mol. The van der Waals surface area contributed by atoms with Crippen LogP contribution in [0.5, 0.6) is 0 Å². The van der Waals surface area contributed by atoms with E-state index in [9.17, 15) is 5.11 Å². The highest BCUT2D eigenvalue weighted by molar-refractivity contribution is 6.46. The first-order valence-electron chi connectivity index (χ1n) is 8.09. The van der Waals surface area contributed by atoms with Gasteiger partial charge < -0.3 is 14.2 Å². The Bertz CT molecular complexity index is 829. The summed E-state index contributed by atoms with van der Waals surface area (Å²) in [6.45, 7) is 7.16. The molecule has 0 fully saturated rings. The van der Waals surface area contributed by atoms with Crippen LogP contribution in [0.1, 0.15) is 27.7 Å². The second kappa shape index (κ2) is 6.12. The van der Waals surface area contributed by atoms with Crippen molar-refractivity contribution in [2.24, 2.45) is 0 Å². The zero-order valence-corrected chi connectivity index (χ0v) is 14.5. The second-order valence-electron chi connectivity index (χ2n) is 7.04. The minimum absolute atomic E-state index is 0.630. The standard InChI is InChI=1S/C20H22BO3/c1-19(2,22)20(3,4)24-21-17-13-15-11-8-12-16(18(15)23-17)14-9-6-5-7-10-14/h5-13,22H,1-4H3. The largest absolute Gasteiger partial charge is 0.468 e. The second-order valence-corrected chi connectivity index (χ2v) is 7.04. The lowest BCUT2D eigenvalue weighted by Gasteiger charge is -2.37. The van der Waals surface area contributed by atoms with Gasteiger partial charge in [0.25, 0.3) is 0 Å². The molecule has 123 valence electrons. The average Bonchev–Trinajstić information content (AvgIpc) is 2.96. The Morgan fingerprint density at radius 3 is 2.33 bits per heavy atom. The van der Waals surface area contributed by atoms with E-state index >= 15 is 0 Å². The van der Waals surface area contributed by atoms with Crippen LogP contribution in [-0.2, 0) is 4.65 Å². The lowest BCUT2D eigenvalue weighted by molar-refractivity contribution is -0.0895. The number of aliphatic hydroxyl groups is 1. The number of hydrogen-bond acceptors (Lipinski definition) is 3. The van der Waals surface area contributed by atoms with E-state index in [0.717, 1.165) is 22.1 Å². The molecular formula is C20H22BO3. The quantitative estimate of drug-likeness (QED) is 0.725. The molecule has 24 heavy (non-hydrogen) atoms. The molecule has 0 spiro atoms. The average molecular weight is 321 g/mol. The van der Waals surface area contributed by atoms with Gasteiger partial charge in [0.15, 0.2) is 0 Å². The van der Waals surface area contributed by atoms with E-state index in [1.807, 2.05) is 56.3 Å². The molecule has 3 rings (SSSR count). The van der Waals surface area contributed by atoms with Crippen molar-refractivity contribution in [1.29, 1.82) is 0 Å². The van der Waals surface area contributed by atoms with E-state index in [1.165, 1.54) is 0 Å². The third kappa shape index (κ3) is 3.26. The molecule has 3 aromatic rings. The summed E-state index contributed by atoms with van der Waals surface area (Å²) in [5.41, 5.74) is 1.93. The van der Waals surface area contributed by atoms with Crippen LogP contribution in [0.15, 0.2) is 59.0 Å². The molecule has 0 aliphatic carbocycles. The van der Waals surface area contributed by atoms with Gasteiger partial charge in [-0.3, -0.25) is 0 Å². The topological polar surface area (TPSA) is 42.6 Å². The summed E-state index contributed by atoms with van der Waals surface area (Å²) in [6, 6.07) is 18.2. The van der Waals surface area contributed by atoms with Crippen molar-refractivity contribution in [2.75, 3.05) is 0 Å². The van der Waals surface area contributed by atoms with E-state index in [1.54, 1.807) is 21.3 Å². The van der Waals surface area contributed by atoms with Gasteiger partial charge in [0.1, 0.15) is 5.58 Å². The normalized spacial score (nSPS) is 12.5. The summed E-state index contributed by atoms with van der Waals surface area (Å²) >= 11 is 0. The van der Waals surface area contributed by atoms with Crippen molar-refractivity contribution in [3.63, 3.8) is 0 Å². The highest BCUT2D eigenvalue weighted by Crippen LogP contribution is 2.29. The maximum absolute atomic E-state index is 10.2. The third-order valence-corrected chi connectivity index (χ3v) is 4.59. The van der Waals surface area contributed by atoms with Crippen LogP contribution < -0.4 is 5.66 Å². The predicted octanol–water partition coefficient (Wildman–Crippen LogP) is 3.91. The van der Waals surface area contributed by atoms with Crippen molar-refractivity contribution in [1.82, 2.24) is 0 Å². The lowest BCUT2D eigenvalue weighted by atomic mass is 9.85. The van der Waals surface area contributed by atoms with Gasteiger partial charge in [0, 0.05) is 10.9 Å². The molecule has 0 bridgehead atoms. The molecule has 1 heterocycles. The highest BCUT2D eigenvalue weighted by Gasteiger charge is 2.36. The number of rotatable bonds is 5. The van der Waals surface area contributed by atoms with Gasteiger partial charge in [0.2, 0.25) is 0 Å². The van der Waals surface area contributed by atoms with E-state index in [2.05, 4.69) is 12.1 Å². The van der Waals surface area contributed by atoms with Crippen LogP contribution in [0, 0.1) is 0 Å². The molecule has 1 radical (unpaired) electrons. The molecule has 0 unspecified atom stereocenters. The van der Waals surface area contributed by atoms with Gasteiger partial charge >= 0.3 is 7.48 Å². The van der Waals surface area contributed by atoms with Gasteiger partial charge in [-0.05, 0) is 39.3 Å². The number of hydrogen-bond donors (Lipinski definition) is 1. The maximum atomic E-state index is 10.2. The van der Waals surface area contributed by atoms with Crippen LogP contribution in [0.25, 0.3) is 22.1 Å². The SMILES string of the molecule is CC(C)(O)C(C)(C)O[B]c1cc2cccc(-c3ccccc3)c2o1. The van der Waals surface area contributed by atoms with Gasteiger partial charge in [-0.2, -0.15) is 0 Å². The van der Waals surface area contributed by atoms with E-state index in [-0.39, 0.29) is 0 Å². The number of benzene rings is 2. The Morgan fingerprint density at radius 1 is 0.958 bits per heavy atom. The zero-order valence-electron chi connectivity index (χ0n) is 14.5. The fourth-order valence-corrected chi connectivity index (χ4v) is 2.34. The third-order valence-electron chi connectivity index (χ3n) is 4.59.